The lowest BCUT2D eigenvalue weighted by molar-refractivity contribution is -0.116. The van der Waals surface area contributed by atoms with Gasteiger partial charge in [-0.3, -0.25) is 0 Å². The molecule has 0 bridgehead atoms. The fourth-order valence-electron chi connectivity index (χ4n) is 1.26. The Morgan fingerprint density at radius 2 is 1.53 bits per heavy atom. The number of allylic oxidation sites excluding steroid dienone is 4. The normalized spacial score (nSPS) is 14.0. The fourth-order valence-corrected chi connectivity index (χ4v) is 1.26. The SMILES string of the molecule is CC(=O)CC/C=C(\C)CC/C=C(\C)C(F)(F)F. The van der Waals surface area contributed by atoms with Crippen molar-refractivity contribution in [1.29, 1.82) is 0 Å². The Hall–Kier alpha value is -1.06. The van der Waals surface area contributed by atoms with Crippen LogP contribution in [0.1, 0.15) is 46.5 Å². The van der Waals surface area contributed by atoms with Crippen molar-refractivity contribution >= 4 is 5.78 Å². The van der Waals surface area contributed by atoms with Crippen molar-refractivity contribution in [3.8, 4) is 0 Å². The molecule has 98 valence electrons. The van der Waals surface area contributed by atoms with E-state index in [-0.39, 0.29) is 5.78 Å². The number of Topliss-reactive ketones (excluding diaryl/α,β-unsaturated/α-hetero) is 1. The number of rotatable bonds is 6. The van der Waals surface area contributed by atoms with Crippen LogP contribution >= 0.6 is 0 Å². The third kappa shape index (κ3) is 8.72. The summed E-state index contributed by atoms with van der Waals surface area (Å²) in [5.74, 6) is 0.127. The topological polar surface area (TPSA) is 17.1 Å². The molecule has 0 heterocycles. The molecule has 0 aliphatic carbocycles. The molecule has 0 unspecified atom stereocenters. The largest absolute Gasteiger partial charge is 0.412 e. The Bertz CT molecular complexity index is 311. The highest BCUT2D eigenvalue weighted by Crippen LogP contribution is 2.25. The predicted octanol–water partition coefficient (Wildman–Crippen LogP) is 4.59. The molecule has 0 saturated carbocycles. The van der Waals surface area contributed by atoms with Crippen LogP contribution in [-0.4, -0.2) is 12.0 Å². The van der Waals surface area contributed by atoms with Gasteiger partial charge in [-0.25, -0.2) is 0 Å². The highest BCUT2D eigenvalue weighted by atomic mass is 19.4. The second kappa shape index (κ2) is 7.30. The van der Waals surface area contributed by atoms with Gasteiger partial charge in [0, 0.05) is 12.0 Å². The second-order valence-corrected chi connectivity index (χ2v) is 4.21. The fraction of sp³-hybridized carbons (Fsp3) is 0.615. The smallest absolute Gasteiger partial charge is 0.300 e. The molecule has 0 spiro atoms. The Labute approximate surface area is 100 Å². The van der Waals surface area contributed by atoms with Crippen LogP contribution in [0.15, 0.2) is 23.3 Å². The van der Waals surface area contributed by atoms with Crippen LogP contribution < -0.4 is 0 Å². The average Bonchev–Trinajstić information content (AvgIpc) is 2.15. The minimum atomic E-state index is -4.22. The molecule has 0 aromatic rings. The van der Waals surface area contributed by atoms with Gasteiger partial charge in [0.05, 0.1) is 0 Å². The number of hydrogen-bond donors (Lipinski definition) is 0. The first-order valence-corrected chi connectivity index (χ1v) is 5.62. The third-order valence-corrected chi connectivity index (χ3v) is 2.43. The summed E-state index contributed by atoms with van der Waals surface area (Å²) in [6, 6.07) is 0. The third-order valence-electron chi connectivity index (χ3n) is 2.43. The molecule has 0 fully saturated rings. The lowest BCUT2D eigenvalue weighted by Gasteiger charge is -2.06. The molecule has 0 N–H and O–H groups in total. The van der Waals surface area contributed by atoms with Crippen LogP contribution in [0, 0.1) is 0 Å². The minimum absolute atomic E-state index is 0.127. The van der Waals surface area contributed by atoms with E-state index in [2.05, 4.69) is 0 Å². The van der Waals surface area contributed by atoms with Crippen LogP contribution in [0.25, 0.3) is 0 Å². The van der Waals surface area contributed by atoms with E-state index in [1.807, 2.05) is 13.0 Å². The zero-order valence-corrected chi connectivity index (χ0v) is 10.5. The maximum atomic E-state index is 12.1. The van der Waals surface area contributed by atoms with Gasteiger partial charge in [0.15, 0.2) is 0 Å². The number of carbonyl (C=O) groups excluding carboxylic acids is 1. The van der Waals surface area contributed by atoms with Crippen LogP contribution in [0.5, 0.6) is 0 Å². The molecule has 0 atom stereocenters. The van der Waals surface area contributed by atoms with Crippen molar-refractivity contribution in [3.63, 3.8) is 0 Å². The summed E-state index contributed by atoms with van der Waals surface area (Å²) in [7, 11) is 0. The van der Waals surface area contributed by atoms with Crippen molar-refractivity contribution in [1.82, 2.24) is 0 Å². The van der Waals surface area contributed by atoms with E-state index in [0.29, 0.717) is 25.7 Å². The van der Waals surface area contributed by atoms with E-state index in [9.17, 15) is 18.0 Å². The summed E-state index contributed by atoms with van der Waals surface area (Å²) in [6.45, 7) is 4.48. The van der Waals surface area contributed by atoms with Gasteiger partial charge in [-0.2, -0.15) is 13.2 Å². The van der Waals surface area contributed by atoms with Crippen molar-refractivity contribution in [3.05, 3.63) is 23.3 Å². The van der Waals surface area contributed by atoms with Gasteiger partial charge in [-0.15, -0.1) is 0 Å². The quantitative estimate of drug-likeness (QED) is 0.628. The molecule has 0 aliphatic heterocycles. The van der Waals surface area contributed by atoms with E-state index in [1.54, 1.807) is 0 Å². The molecule has 0 amide bonds. The molecular formula is C13H19F3O. The lowest BCUT2D eigenvalue weighted by atomic mass is 10.1. The maximum Gasteiger partial charge on any atom is 0.412 e. The van der Waals surface area contributed by atoms with Crippen molar-refractivity contribution in [2.75, 3.05) is 0 Å². The molecular weight excluding hydrogens is 229 g/mol. The van der Waals surface area contributed by atoms with Crippen LogP contribution in [0.4, 0.5) is 13.2 Å². The monoisotopic (exact) mass is 248 g/mol. The summed E-state index contributed by atoms with van der Waals surface area (Å²) in [4.78, 5) is 10.7. The van der Waals surface area contributed by atoms with E-state index < -0.39 is 11.7 Å². The second-order valence-electron chi connectivity index (χ2n) is 4.21. The maximum absolute atomic E-state index is 12.1. The standard InChI is InChI=1S/C13H19F3O/c1-10(7-5-9-12(3)17)6-4-8-11(2)13(14,15)16/h7-8H,4-6,9H2,1-3H3/b10-7+,11-8+. The van der Waals surface area contributed by atoms with Crippen molar-refractivity contribution < 1.29 is 18.0 Å². The van der Waals surface area contributed by atoms with E-state index >= 15 is 0 Å². The highest BCUT2D eigenvalue weighted by Gasteiger charge is 2.29. The Balaban J connectivity index is 4.00. The molecule has 17 heavy (non-hydrogen) atoms. The number of halogens is 3. The van der Waals surface area contributed by atoms with Gasteiger partial charge in [0.2, 0.25) is 0 Å². The van der Waals surface area contributed by atoms with Gasteiger partial charge in [-0.05, 0) is 40.0 Å². The molecule has 0 radical (unpaired) electrons. The van der Waals surface area contributed by atoms with Gasteiger partial charge < -0.3 is 4.79 Å². The Kier molecular flexibility index (Phi) is 6.85. The minimum Gasteiger partial charge on any atom is -0.300 e. The highest BCUT2D eigenvalue weighted by molar-refractivity contribution is 5.75. The molecule has 0 aliphatic rings. The molecule has 4 heteroatoms. The molecule has 1 nitrogen and oxygen atoms in total. The zero-order chi connectivity index (χ0) is 13.5. The van der Waals surface area contributed by atoms with Crippen LogP contribution in [0.3, 0.4) is 0 Å². The zero-order valence-electron chi connectivity index (χ0n) is 10.5. The molecule has 0 aromatic carbocycles. The summed E-state index contributed by atoms with van der Waals surface area (Å²) in [5.41, 5.74) is 0.478. The van der Waals surface area contributed by atoms with Gasteiger partial charge in [-0.1, -0.05) is 17.7 Å². The molecule has 0 saturated heterocycles. The first-order chi connectivity index (χ1) is 7.73. The first-order valence-electron chi connectivity index (χ1n) is 5.62. The van der Waals surface area contributed by atoms with Gasteiger partial charge in [0.1, 0.15) is 5.78 Å². The first kappa shape index (κ1) is 15.9. The Morgan fingerprint density at radius 1 is 1.00 bits per heavy atom. The molecule has 0 aromatic heterocycles. The molecule has 0 rings (SSSR count). The summed E-state index contributed by atoms with van der Waals surface area (Å²) in [5, 5.41) is 0. The van der Waals surface area contributed by atoms with Crippen LogP contribution in [0.2, 0.25) is 0 Å². The van der Waals surface area contributed by atoms with Gasteiger partial charge >= 0.3 is 6.18 Å². The van der Waals surface area contributed by atoms with Gasteiger partial charge in [0.25, 0.3) is 0 Å². The number of ketones is 1. The summed E-state index contributed by atoms with van der Waals surface area (Å²) >= 11 is 0. The number of hydrogen-bond acceptors (Lipinski definition) is 1. The van der Waals surface area contributed by atoms with Crippen molar-refractivity contribution in [2.45, 2.75) is 52.6 Å². The average molecular weight is 248 g/mol. The lowest BCUT2D eigenvalue weighted by Crippen LogP contribution is -2.08. The summed E-state index contributed by atoms with van der Waals surface area (Å²) in [6.07, 6.45) is 1.06. The Morgan fingerprint density at radius 3 is 2.00 bits per heavy atom. The van der Waals surface area contributed by atoms with Crippen LogP contribution in [-0.2, 0) is 4.79 Å². The summed E-state index contributed by atoms with van der Waals surface area (Å²) < 4.78 is 36.4. The van der Waals surface area contributed by atoms with Crippen molar-refractivity contribution in [2.24, 2.45) is 0 Å². The van der Waals surface area contributed by atoms with E-state index in [0.717, 1.165) is 12.5 Å². The number of alkyl halides is 3. The van der Waals surface area contributed by atoms with E-state index in [4.69, 9.17) is 0 Å². The van der Waals surface area contributed by atoms with E-state index in [1.165, 1.54) is 13.0 Å². The predicted molar refractivity (Wildman–Crippen MR) is 62.7 cm³/mol. The number of carbonyl (C=O) groups is 1.